The summed E-state index contributed by atoms with van der Waals surface area (Å²) in [5.74, 6) is 0.718. The van der Waals surface area contributed by atoms with Crippen LogP contribution in [-0.2, 0) is 4.79 Å². The van der Waals surface area contributed by atoms with Gasteiger partial charge in [-0.1, -0.05) is 6.92 Å². The summed E-state index contributed by atoms with van der Waals surface area (Å²) in [6.07, 6.45) is 2.34. The normalized spacial score (nSPS) is 25.2. The van der Waals surface area contributed by atoms with Gasteiger partial charge in [0.15, 0.2) is 0 Å². The van der Waals surface area contributed by atoms with Crippen LogP contribution in [-0.4, -0.2) is 65.9 Å². The highest BCUT2D eigenvalue weighted by atomic mass is 16.2. The molecule has 2 aliphatic rings. The smallest absolute Gasteiger partial charge is 0.320 e. The van der Waals surface area contributed by atoms with E-state index in [0.29, 0.717) is 32.1 Å². The Bertz CT molecular complexity index is 324. The van der Waals surface area contributed by atoms with Gasteiger partial charge in [-0.3, -0.25) is 4.79 Å². The van der Waals surface area contributed by atoms with E-state index >= 15 is 0 Å². The lowest BCUT2D eigenvalue weighted by Crippen LogP contribution is -2.55. The van der Waals surface area contributed by atoms with Gasteiger partial charge >= 0.3 is 6.03 Å². The molecule has 2 fully saturated rings. The molecule has 0 aromatic rings. The fraction of sp³-hybridized carbons (Fsp3) is 0.846. The zero-order chi connectivity index (χ0) is 13.1. The number of urea groups is 1. The summed E-state index contributed by atoms with van der Waals surface area (Å²) in [6.45, 7) is 8.24. The third kappa shape index (κ3) is 2.94. The lowest BCUT2D eigenvalue weighted by atomic mass is 10.0. The molecule has 5 nitrogen and oxygen atoms in total. The molecule has 2 heterocycles. The van der Waals surface area contributed by atoms with Gasteiger partial charge in [-0.05, 0) is 18.8 Å². The standard InChI is InChI=1S/C13H23N3O2/c1-11-4-3-5-16(10-11)13(18)15-8-6-14(7-9-15)12(2)17/h11H,3-10H2,1-2H3. The number of nitrogens with zero attached hydrogens (tertiary/aromatic N) is 3. The monoisotopic (exact) mass is 253 g/mol. The lowest BCUT2D eigenvalue weighted by molar-refractivity contribution is -0.130. The second-order valence-electron chi connectivity index (χ2n) is 5.47. The van der Waals surface area contributed by atoms with Crippen molar-refractivity contribution in [1.29, 1.82) is 0 Å². The van der Waals surface area contributed by atoms with E-state index in [4.69, 9.17) is 0 Å². The second kappa shape index (κ2) is 5.59. The Morgan fingerprint density at radius 2 is 1.56 bits per heavy atom. The predicted octanol–water partition coefficient (Wildman–Crippen LogP) is 1.00. The van der Waals surface area contributed by atoms with Crippen molar-refractivity contribution < 1.29 is 9.59 Å². The van der Waals surface area contributed by atoms with Crippen LogP contribution in [0.2, 0.25) is 0 Å². The van der Waals surface area contributed by atoms with E-state index in [1.54, 1.807) is 6.92 Å². The molecule has 2 aliphatic heterocycles. The van der Waals surface area contributed by atoms with E-state index in [1.807, 2.05) is 14.7 Å². The zero-order valence-electron chi connectivity index (χ0n) is 11.4. The van der Waals surface area contributed by atoms with Crippen LogP contribution in [0.3, 0.4) is 0 Å². The Kier molecular flexibility index (Phi) is 4.09. The topological polar surface area (TPSA) is 43.9 Å². The van der Waals surface area contributed by atoms with Crippen molar-refractivity contribution in [1.82, 2.24) is 14.7 Å². The average molecular weight is 253 g/mol. The van der Waals surface area contributed by atoms with Crippen LogP contribution in [0.5, 0.6) is 0 Å². The van der Waals surface area contributed by atoms with Gasteiger partial charge in [0.2, 0.25) is 5.91 Å². The van der Waals surface area contributed by atoms with E-state index in [-0.39, 0.29) is 11.9 Å². The summed E-state index contributed by atoms with van der Waals surface area (Å²) in [4.78, 5) is 29.2. The lowest BCUT2D eigenvalue weighted by Gasteiger charge is -2.39. The highest BCUT2D eigenvalue weighted by molar-refractivity contribution is 5.76. The maximum absolute atomic E-state index is 12.3. The van der Waals surface area contributed by atoms with Gasteiger partial charge in [-0.15, -0.1) is 0 Å². The first-order chi connectivity index (χ1) is 8.58. The van der Waals surface area contributed by atoms with Crippen LogP contribution in [0.15, 0.2) is 0 Å². The molecule has 1 unspecified atom stereocenters. The fourth-order valence-corrected chi connectivity index (χ4v) is 2.78. The second-order valence-corrected chi connectivity index (χ2v) is 5.47. The number of rotatable bonds is 0. The van der Waals surface area contributed by atoms with Gasteiger partial charge in [0.1, 0.15) is 0 Å². The molecule has 2 rings (SSSR count). The van der Waals surface area contributed by atoms with Crippen molar-refractivity contribution in [2.75, 3.05) is 39.3 Å². The number of piperidine rings is 1. The molecule has 18 heavy (non-hydrogen) atoms. The predicted molar refractivity (Wildman–Crippen MR) is 69.2 cm³/mol. The maximum atomic E-state index is 12.3. The Morgan fingerprint density at radius 3 is 2.11 bits per heavy atom. The average Bonchev–Trinajstić information content (AvgIpc) is 2.38. The van der Waals surface area contributed by atoms with Crippen molar-refractivity contribution in [3.8, 4) is 0 Å². The van der Waals surface area contributed by atoms with Gasteiger partial charge in [-0.2, -0.15) is 0 Å². The minimum atomic E-state index is 0.105. The third-order valence-electron chi connectivity index (χ3n) is 3.92. The highest BCUT2D eigenvalue weighted by Crippen LogP contribution is 2.17. The molecular formula is C13H23N3O2. The summed E-state index contributed by atoms with van der Waals surface area (Å²) in [5.41, 5.74) is 0. The molecule has 2 saturated heterocycles. The SMILES string of the molecule is CC(=O)N1CCN(C(=O)N2CCCC(C)C2)CC1. The van der Waals surface area contributed by atoms with Crippen molar-refractivity contribution in [2.45, 2.75) is 26.7 Å². The van der Waals surface area contributed by atoms with Crippen molar-refractivity contribution in [2.24, 2.45) is 5.92 Å². The largest absolute Gasteiger partial charge is 0.339 e. The summed E-state index contributed by atoms with van der Waals surface area (Å²) in [5, 5.41) is 0. The first-order valence-corrected chi connectivity index (χ1v) is 6.87. The van der Waals surface area contributed by atoms with Gasteiger partial charge in [-0.25, -0.2) is 4.79 Å². The van der Waals surface area contributed by atoms with Crippen LogP contribution < -0.4 is 0 Å². The summed E-state index contributed by atoms with van der Waals surface area (Å²) in [7, 11) is 0. The maximum Gasteiger partial charge on any atom is 0.320 e. The Labute approximate surface area is 109 Å². The third-order valence-corrected chi connectivity index (χ3v) is 3.92. The molecule has 0 bridgehead atoms. The van der Waals surface area contributed by atoms with E-state index < -0.39 is 0 Å². The number of hydrogen-bond donors (Lipinski definition) is 0. The van der Waals surface area contributed by atoms with Gasteiger partial charge in [0.05, 0.1) is 0 Å². The summed E-state index contributed by atoms with van der Waals surface area (Å²) < 4.78 is 0. The molecule has 0 aromatic carbocycles. The summed E-state index contributed by atoms with van der Waals surface area (Å²) in [6, 6.07) is 0.157. The van der Waals surface area contributed by atoms with E-state index in [1.165, 1.54) is 6.42 Å². The molecule has 0 saturated carbocycles. The van der Waals surface area contributed by atoms with E-state index in [9.17, 15) is 9.59 Å². The van der Waals surface area contributed by atoms with E-state index in [2.05, 4.69) is 6.92 Å². The number of likely N-dealkylation sites (tertiary alicyclic amines) is 1. The highest BCUT2D eigenvalue weighted by Gasteiger charge is 2.28. The Hall–Kier alpha value is -1.26. The number of carbonyl (C=O) groups is 2. The number of carbonyl (C=O) groups excluding carboxylic acids is 2. The Morgan fingerprint density at radius 1 is 0.944 bits per heavy atom. The quantitative estimate of drug-likeness (QED) is 0.646. The molecule has 3 amide bonds. The van der Waals surface area contributed by atoms with Crippen molar-refractivity contribution >= 4 is 11.9 Å². The van der Waals surface area contributed by atoms with Crippen LogP contribution in [0.25, 0.3) is 0 Å². The van der Waals surface area contributed by atoms with Crippen LogP contribution >= 0.6 is 0 Å². The molecular weight excluding hydrogens is 230 g/mol. The molecule has 102 valence electrons. The number of hydrogen-bond acceptors (Lipinski definition) is 2. The zero-order valence-corrected chi connectivity index (χ0v) is 11.4. The molecule has 0 spiro atoms. The minimum absolute atomic E-state index is 0.105. The van der Waals surface area contributed by atoms with Gasteiger partial charge in [0, 0.05) is 46.2 Å². The number of amides is 3. The van der Waals surface area contributed by atoms with Gasteiger partial charge < -0.3 is 14.7 Å². The minimum Gasteiger partial charge on any atom is -0.339 e. The van der Waals surface area contributed by atoms with Crippen molar-refractivity contribution in [3.63, 3.8) is 0 Å². The van der Waals surface area contributed by atoms with Crippen LogP contribution in [0, 0.1) is 5.92 Å². The first-order valence-electron chi connectivity index (χ1n) is 6.87. The molecule has 0 aromatic heterocycles. The first kappa shape index (κ1) is 13.2. The fourth-order valence-electron chi connectivity index (χ4n) is 2.78. The number of piperazine rings is 1. The molecule has 5 heteroatoms. The molecule has 0 radical (unpaired) electrons. The van der Waals surface area contributed by atoms with Crippen LogP contribution in [0.4, 0.5) is 4.79 Å². The Balaban J connectivity index is 1.85. The summed E-state index contributed by atoms with van der Waals surface area (Å²) >= 11 is 0. The van der Waals surface area contributed by atoms with E-state index in [0.717, 1.165) is 19.5 Å². The van der Waals surface area contributed by atoms with Crippen molar-refractivity contribution in [3.05, 3.63) is 0 Å². The molecule has 0 N–H and O–H groups in total. The molecule has 0 aliphatic carbocycles. The van der Waals surface area contributed by atoms with Crippen LogP contribution in [0.1, 0.15) is 26.7 Å². The van der Waals surface area contributed by atoms with Gasteiger partial charge in [0.25, 0.3) is 0 Å². The molecule has 1 atom stereocenters.